The molecule has 124 valence electrons. The molecule has 1 aromatic rings. The molecule has 1 fully saturated rings. The van der Waals surface area contributed by atoms with Crippen molar-refractivity contribution in [3.8, 4) is 5.75 Å². The highest BCUT2D eigenvalue weighted by atomic mass is 19.4. The van der Waals surface area contributed by atoms with Gasteiger partial charge in [-0.15, -0.1) is 13.2 Å². The van der Waals surface area contributed by atoms with E-state index in [1.54, 1.807) is 13.2 Å². The molecule has 1 saturated carbocycles. The van der Waals surface area contributed by atoms with Gasteiger partial charge < -0.3 is 9.47 Å². The minimum atomic E-state index is -4.75. The number of halogens is 3. The van der Waals surface area contributed by atoms with Crippen LogP contribution < -0.4 is 4.74 Å². The van der Waals surface area contributed by atoms with E-state index in [0.29, 0.717) is 12.5 Å². The monoisotopic (exact) mass is 326 g/mol. The first-order chi connectivity index (χ1) is 10.8. The first-order valence-electron chi connectivity index (χ1n) is 7.09. The fourth-order valence-electron chi connectivity index (χ4n) is 2.18. The molecule has 0 bridgehead atoms. The fourth-order valence-corrected chi connectivity index (χ4v) is 2.18. The first-order valence-corrected chi connectivity index (χ1v) is 7.09. The summed E-state index contributed by atoms with van der Waals surface area (Å²) < 4.78 is 45.2. The predicted octanol–water partition coefficient (Wildman–Crippen LogP) is 4.31. The third-order valence-corrected chi connectivity index (χ3v) is 3.41. The molecule has 1 aromatic carbocycles. The van der Waals surface area contributed by atoms with Crippen LogP contribution in [0.5, 0.6) is 5.75 Å². The molecule has 0 aromatic heterocycles. The summed E-state index contributed by atoms with van der Waals surface area (Å²) in [6.45, 7) is 4.19. The van der Waals surface area contributed by atoms with Gasteiger partial charge in [0.05, 0.1) is 6.61 Å². The van der Waals surface area contributed by atoms with E-state index >= 15 is 0 Å². The Hall–Kier alpha value is -2.08. The van der Waals surface area contributed by atoms with Gasteiger partial charge in [0.1, 0.15) is 5.75 Å². The van der Waals surface area contributed by atoms with E-state index in [9.17, 15) is 18.0 Å². The number of ether oxygens (including phenoxy) is 2. The van der Waals surface area contributed by atoms with Gasteiger partial charge in [-0.3, -0.25) is 4.79 Å². The molecule has 0 amide bonds. The van der Waals surface area contributed by atoms with E-state index in [1.807, 2.05) is 0 Å². The molecule has 1 aliphatic carbocycles. The van der Waals surface area contributed by atoms with Crippen LogP contribution in [0.1, 0.15) is 23.2 Å². The quantitative estimate of drug-likeness (QED) is 0.425. The second-order valence-corrected chi connectivity index (χ2v) is 5.35. The van der Waals surface area contributed by atoms with Gasteiger partial charge in [0, 0.05) is 18.2 Å². The maximum Gasteiger partial charge on any atom is 0.573 e. The number of ketones is 1. The average Bonchev–Trinajstić information content (AvgIpc) is 3.29. The number of hydrogen-bond donors (Lipinski definition) is 0. The van der Waals surface area contributed by atoms with Crippen LogP contribution >= 0.6 is 0 Å². The zero-order chi connectivity index (χ0) is 17.0. The van der Waals surface area contributed by atoms with Crippen molar-refractivity contribution in [2.45, 2.75) is 19.2 Å². The average molecular weight is 326 g/mol. The highest BCUT2D eigenvalue weighted by Crippen LogP contribution is 2.37. The minimum Gasteiger partial charge on any atom is -0.406 e. The lowest BCUT2D eigenvalue weighted by Gasteiger charge is -2.09. The zero-order valence-corrected chi connectivity index (χ0v) is 12.7. The third-order valence-electron chi connectivity index (χ3n) is 3.41. The second-order valence-electron chi connectivity index (χ2n) is 5.35. The van der Waals surface area contributed by atoms with Crippen LogP contribution in [0, 0.1) is 5.92 Å². The van der Waals surface area contributed by atoms with E-state index in [4.69, 9.17) is 4.74 Å². The standard InChI is InChI=1S/C17H17F3O3/c1-11(9-14(10-22-2)12-3-4-12)16(21)13-5-7-15(8-6-13)23-17(18,19)20/h5-9,12H,1,3-4,10H2,2H3/b14-9+. The molecule has 0 N–H and O–H groups in total. The van der Waals surface area contributed by atoms with Gasteiger partial charge in [0.25, 0.3) is 0 Å². The molecule has 23 heavy (non-hydrogen) atoms. The summed E-state index contributed by atoms with van der Waals surface area (Å²) in [4.78, 5) is 12.3. The zero-order valence-electron chi connectivity index (χ0n) is 12.7. The lowest BCUT2D eigenvalue weighted by molar-refractivity contribution is -0.274. The van der Waals surface area contributed by atoms with Gasteiger partial charge >= 0.3 is 6.36 Å². The molecule has 0 aliphatic heterocycles. The molecule has 0 radical (unpaired) electrons. The van der Waals surface area contributed by atoms with Crippen LogP contribution in [0.25, 0.3) is 0 Å². The van der Waals surface area contributed by atoms with E-state index in [0.717, 1.165) is 30.5 Å². The van der Waals surface area contributed by atoms with Crippen molar-refractivity contribution in [3.05, 3.63) is 53.6 Å². The van der Waals surface area contributed by atoms with Gasteiger partial charge in [0.15, 0.2) is 5.78 Å². The third kappa shape index (κ3) is 5.25. The Balaban J connectivity index is 2.07. The van der Waals surface area contributed by atoms with E-state index in [2.05, 4.69) is 11.3 Å². The van der Waals surface area contributed by atoms with Crippen LogP contribution in [-0.2, 0) is 4.74 Å². The van der Waals surface area contributed by atoms with E-state index in [-0.39, 0.29) is 22.7 Å². The summed E-state index contributed by atoms with van der Waals surface area (Å²) in [5.41, 5.74) is 1.56. The van der Waals surface area contributed by atoms with Crippen molar-refractivity contribution in [3.63, 3.8) is 0 Å². The van der Waals surface area contributed by atoms with Gasteiger partial charge in [-0.2, -0.15) is 0 Å². The normalized spacial score (nSPS) is 15.4. The Kier molecular flexibility index (Phi) is 5.26. The SMILES string of the molecule is C=C(/C=C(\COC)C1CC1)C(=O)c1ccc(OC(F)(F)F)cc1. The number of methoxy groups -OCH3 is 1. The Bertz CT molecular complexity index is 611. The molecular weight excluding hydrogens is 309 g/mol. The number of allylic oxidation sites excluding steroid dienone is 2. The van der Waals surface area contributed by atoms with Crippen molar-refractivity contribution < 1.29 is 27.4 Å². The van der Waals surface area contributed by atoms with Crippen molar-refractivity contribution in [2.24, 2.45) is 5.92 Å². The number of rotatable bonds is 7. The lowest BCUT2D eigenvalue weighted by Crippen LogP contribution is -2.17. The Labute approximate surface area is 132 Å². The maximum absolute atomic E-state index is 12.3. The molecule has 0 atom stereocenters. The van der Waals surface area contributed by atoms with Gasteiger partial charge in [0.2, 0.25) is 0 Å². The van der Waals surface area contributed by atoms with Gasteiger partial charge in [-0.05, 0) is 54.7 Å². The highest BCUT2D eigenvalue weighted by molar-refractivity contribution is 6.10. The summed E-state index contributed by atoms with van der Waals surface area (Å²) >= 11 is 0. The van der Waals surface area contributed by atoms with Crippen LogP contribution in [-0.4, -0.2) is 25.9 Å². The second kappa shape index (κ2) is 7.00. The molecule has 3 nitrogen and oxygen atoms in total. The minimum absolute atomic E-state index is 0.258. The molecule has 6 heteroatoms. The number of Topliss-reactive ketones (excluding diaryl/α,β-unsaturated/α-hetero) is 1. The number of carbonyl (C=O) groups excluding carboxylic acids is 1. The largest absolute Gasteiger partial charge is 0.573 e. The predicted molar refractivity (Wildman–Crippen MR) is 79.3 cm³/mol. The van der Waals surface area contributed by atoms with Crippen molar-refractivity contribution >= 4 is 5.78 Å². The number of hydrogen-bond acceptors (Lipinski definition) is 3. The number of carbonyl (C=O) groups is 1. The number of alkyl halides is 3. The number of benzene rings is 1. The highest BCUT2D eigenvalue weighted by Gasteiger charge is 2.31. The molecule has 0 saturated heterocycles. The molecule has 0 spiro atoms. The smallest absolute Gasteiger partial charge is 0.406 e. The Morgan fingerprint density at radius 3 is 2.39 bits per heavy atom. The molecule has 2 rings (SSSR count). The summed E-state index contributed by atoms with van der Waals surface area (Å²) in [5.74, 6) is -0.270. The summed E-state index contributed by atoms with van der Waals surface area (Å²) in [5, 5.41) is 0. The van der Waals surface area contributed by atoms with Crippen molar-refractivity contribution in [1.82, 2.24) is 0 Å². The summed E-state index contributed by atoms with van der Waals surface area (Å²) in [6.07, 6.45) is -0.902. The maximum atomic E-state index is 12.3. The Morgan fingerprint density at radius 1 is 1.30 bits per heavy atom. The van der Waals surface area contributed by atoms with E-state index < -0.39 is 6.36 Å². The summed E-state index contributed by atoms with van der Waals surface area (Å²) in [6, 6.07) is 4.79. The van der Waals surface area contributed by atoms with E-state index in [1.165, 1.54) is 12.1 Å². The first kappa shape index (κ1) is 17.3. The van der Waals surface area contributed by atoms with Gasteiger partial charge in [-0.25, -0.2) is 0 Å². The van der Waals surface area contributed by atoms with Crippen LogP contribution in [0.15, 0.2) is 48.1 Å². The van der Waals surface area contributed by atoms with Crippen molar-refractivity contribution in [2.75, 3.05) is 13.7 Å². The van der Waals surface area contributed by atoms with Crippen LogP contribution in [0.2, 0.25) is 0 Å². The van der Waals surface area contributed by atoms with Gasteiger partial charge in [-0.1, -0.05) is 6.58 Å². The Morgan fingerprint density at radius 2 is 1.91 bits per heavy atom. The van der Waals surface area contributed by atoms with Crippen molar-refractivity contribution in [1.29, 1.82) is 0 Å². The van der Waals surface area contributed by atoms with Crippen LogP contribution in [0.3, 0.4) is 0 Å². The lowest BCUT2D eigenvalue weighted by atomic mass is 10.0. The molecule has 0 unspecified atom stereocenters. The summed E-state index contributed by atoms with van der Waals surface area (Å²) in [7, 11) is 1.58. The molecular formula is C17H17F3O3. The molecule has 1 aliphatic rings. The topological polar surface area (TPSA) is 35.5 Å². The van der Waals surface area contributed by atoms with Crippen LogP contribution in [0.4, 0.5) is 13.2 Å². The molecule has 0 heterocycles. The fraction of sp³-hybridized carbons (Fsp3) is 0.353.